The van der Waals surface area contributed by atoms with E-state index in [1.165, 1.54) is 132 Å². The van der Waals surface area contributed by atoms with Crippen molar-refractivity contribution in [2.75, 3.05) is 13.2 Å². The van der Waals surface area contributed by atoms with E-state index in [-0.39, 0.29) is 13.2 Å². The number of aryl methyl sites for hydroxylation is 4. The fourth-order valence-electron chi connectivity index (χ4n) is 7.30. The molecule has 0 bridgehead atoms. The Hall–Kier alpha value is -2.42. The maximum atomic E-state index is 9.97. The van der Waals surface area contributed by atoms with Crippen LogP contribution in [0.5, 0.6) is 0 Å². The maximum Gasteiger partial charge on any atom is 0.0471 e. The minimum absolute atomic E-state index is 0.127. The van der Waals surface area contributed by atoms with Crippen LogP contribution in [0.15, 0.2) is 36.4 Å². The van der Waals surface area contributed by atoms with Crippen LogP contribution in [0.3, 0.4) is 0 Å². The highest BCUT2D eigenvalue weighted by atomic mass is 16.3. The molecule has 2 N–H and O–H groups in total. The summed E-state index contributed by atoms with van der Waals surface area (Å²) < 4.78 is 0. The van der Waals surface area contributed by atoms with Crippen molar-refractivity contribution in [1.82, 2.24) is 0 Å². The third-order valence-corrected chi connectivity index (χ3v) is 9.85. The quantitative estimate of drug-likeness (QED) is 0.0787. The second kappa shape index (κ2) is 17.9. The predicted octanol–water partition coefficient (Wildman–Crippen LogP) is 11.1. The first-order valence-corrected chi connectivity index (χ1v) is 18.3. The van der Waals surface area contributed by atoms with Crippen molar-refractivity contribution in [3.63, 3.8) is 0 Å². The summed E-state index contributed by atoms with van der Waals surface area (Å²) in [7, 11) is 0. The van der Waals surface area contributed by atoms with E-state index in [1.54, 1.807) is 11.1 Å². The standard InChI is InChI=1S/C42H60O2/c1-5-9-13-17-31-25-37-38-26-32(18-14-10-6-2)34(20-16-12-8-4)28-40(38)42-30-36(22-24-44)35(21-23-43)29-41(42)39(37)27-33(31)19-15-11-7-3/h25-30,43-44H,5-24H2,1-4H3. The van der Waals surface area contributed by atoms with Gasteiger partial charge in [0.05, 0.1) is 0 Å². The van der Waals surface area contributed by atoms with Crippen molar-refractivity contribution < 1.29 is 10.2 Å². The van der Waals surface area contributed by atoms with Gasteiger partial charge in [-0.05, 0) is 130 Å². The van der Waals surface area contributed by atoms with E-state index in [9.17, 15) is 10.2 Å². The van der Waals surface area contributed by atoms with Crippen molar-refractivity contribution in [1.29, 1.82) is 0 Å². The molecule has 0 atom stereocenters. The number of aliphatic hydroxyl groups is 2. The molecule has 4 rings (SSSR count). The van der Waals surface area contributed by atoms with Gasteiger partial charge < -0.3 is 10.2 Å². The number of aliphatic hydroxyl groups excluding tert-OH is 2. The van der Waals surface area contributed by atoms with E-state index in [0.29, 0.717) is 12.8 Å². The molecule has 240 valence electrons. The van der Waals surface area contributed by atoms with Gasteiger partial charge in [0, 0.05) is 13.2 Å². The van der Waals surface area contributed by atoms with Gasteiger partial charge in [-0.15, -0.1) is 0 Å². The molecular weight excluding hydrogens is 536 g/mol. The summed E-state index contributed by atoms with van der Waals surface area (Å²) in [4.78, 5) is 0. The third kappa shape index (κ3) is 8.43. The second-order valence-corrected chi connectivity index (χ2v) is 13.3. The van der Waals surface area contributed by atoms with Crippen LogP contribution in [-0.2, 0) is 38.5 Å². The number of hydrogen-bond acceptors (Lipinski definition) is 2. The van der Waals surface area contributed by atoms with Crippen LogP contribution in [0, 0.1) is 0 Å². The van der Waals surface area contributed by atoms with Gasteiger partial charge in [-0.3, -0.25) is 0 Å². The fourth-order valence-corrected chi connectivity index (χ4v) is 7.30. The molecule has 0 heterocycles. The fraction of sp³-hybridized carbons (Fsp3) is 0.571. The van der Waals surface area contributed by atoms with Crippen LogP contribution in [0.1, 0.15) is 138 Å². The molecule has 0 aromatic heterocycles. The number of benzene rings is 4. The molecule has 0 saturated carbocycles. The Morgan fingerprint density at radius 2 is 0.523 bits per heavy atom. The molecule has 44 heavy (non-hydrogen) atoms. The molecule has 4 aromatic carbocycles. The third-order valence-electron chi connectivity index (χ3n) is 9.85. The lowest BCUT2D eigenvalue weighted by Gasteiger charge is -2.20. The van der Waals surface area contributed by atoms with Crippen LogP contribution >= 0.6 is 0 Å². The van der Waals surface area contributed by atoms with Crippen LogP contribution in [0.25, 0.3) is 32.3 Å². The lowest BCUT2D eigenvalue weighted by Crippen LogP contribution is -2.03. The molecule has 2 heteroatoms. The summed E-state index contributed by atoms with van der Waals surface area (Å²) in [5.41, 5.74) is 8.52. The highest BCUT2D eigenvalue weighted by molar-refractivity contribution is 6.26. The SMILES string of the molecule is CCCCCc1cc2c3cc(CCO)c(CCO)cc3c3cc(CCCCC)c(CCCCC)cc3c2cc1CCCCC. The largest absolute Gasteiger partial charge is 0.396 e. The van der Waals surface area contributed by atoms with Crippen molar-refractivity contribution >= 4 is 32.3 Å². The summed E-state index contributed by atoms with van der Waals surface area (Å²) in [5.74, 6) is 0. The zero-order chi connectivity index (χ0) is 31.3. The van der Waals surface area contributed by atoms with E-state index >= 15 is 0 Å². The van der Waals surface area contributed by atoms with Crippen molar-refractivity contribution in [3.8, 4) is 0 Å². The van der Waals surface area contributed by atoms with E-state index < -0.39 is 0 Å². The highest BCUT2D eigenvalue weighted by Crippen LogP contribution is 2.40. The highest BCUT2D eigenvalue weighted by Gasteiger charge is 2.17. The molecule has 0 aliphatic carbocycles. The van der Waals surface area contributed by atoms with Crippen LogP contribution in [0.2, 0.25) is 0 Å². The Balaban J connectivity index is 2.07. The van der Waals surface area contributed by atoms with Crippen LogP contribution < -0.4 is 0 Å². The minimum Gasteiger partial charge on any atom is -0.396 e. The first-order chi connectivity index (χ1) is 21.6. The lowest BCUT2D eigenvalue weighted by atomic mass is 9.84. The first-order valence-electron chi connectivity index (χ1n) is 18.3. The van der Waals surface area contributed by atoms with Crippen molar-refractivity contribution in [2.24, 2.45) is 0 Å². The predicted molar refractivity (Wildman–Crippen MR) is 193 cm³/mol. The Morgan fingerprint density at radius 3 is 0.705 bits per heavy atom. The normalized spacial score (nSPS) is 11.9. The maximum absolute atomic E-state index is 9.97. The Kier molecular flexibility index (Phi) is 14.0. The molecule has 0 spiro atoms. The topological polar surface area (TPSA) is 40.5 Å². The van der Waals surface area contributed by atoms with Crippen molar-refractivity contribution in [3.05, 3.63) is 69.8 Å². The summed E-state index contributed by atoms with van der Waals surface area (Å²) in [6.45, 7) is 9.45. The molecule has 0 saturated heterocycles. The number of hydrogen-bond donors (Lipinski definition) is 2. The Morgan fingerprint density at radius 1 is 0.318 bits per heavy atom. The summed E-state index contributed by atoms with van der Waals surface area (Å²) in [6.07, 6.45) is 21.0. The van der Waals surface area contributed by atoms with Gasteiger partial charge in [0.15, 0.2) is 0 Å². The number of rotatable bonds is 20. The van der Waals surface area contributed by atoms with Gasteiger partial charge in [-0.2, -0.15) is 0 Å². The minimum atomic E-state index is 0.127. The summed E-state index contributed by atoms with van der Waals surface area (Å²) in [5, 5.41) is 28.1. The number of unbranched alkanes of at least 4 members (excludes halogenated alkanes) is 8. The molecule has 0 aliphatic heterocycles. The van der Waals surface area contributed by atoms with E-state index in [0.717, 1.165) is 25.7 Å². The molecule has 0 aliphatic rings. The van der Waals surface area contributed by atoms with Gasteiger partial charge >= 0.3 is 0 Å². The Labute approximate surface area is 268 Å². The molecule has 0 unspecified atom stereocenters. The smallest absolute Gasteiger partial charge is 0.0471 e. The lowest BCUT2D eigenvalue weighted by molar-refractivity contribution is 0.293. The molecule has 0 fully saturated rings. The second-order valence-electron chi connectivity index (χ2n) is 13.3. The average molecular weight is 597 g/mol. The van der Waals surface area contributed by atoms with Crippen molar-refractivity contribution in [2.45, 2.75) is 143 Å². The molecule has 0 radical (unpaired) electrons. The summed E-state index contributed by atoms with van der Waals surface area (Å²) in [6, 6.07) is 15.0. The zero-order valence-corrected chi connectivity index (χ0v) is 28.5. The number of fused-ring (bicyclic) bond motifs is 6. The molecule has 2 nitrogen and oxygen atoms in total. The Bertz CT molecular complexity index is 1370. The summed E-state index contributed by atoms with van der Waals surface area (Å²) >= 11 is 0. The molecule has 4 aromatic rings. The van der Waals surface area contributed by atoms with Gasteiger partial charge in [-0.25, -0.2) is 0 Å². The van der Waals surface area contributed by atoms with Gasteiger partial charge in [0.2, 0.25) is 0 Å². The van der Waals surface area contributed by atoms with E-state index in [4.69, 9.17) is 0 Å². The first kappa shape index (κ1) is 34.5. The van der Waals surface area contributed by atoms with E-state index in [2.05, 4.69) is 64.1 Å². The zero-order valence-electron chi connectivity index (χ0n) is 28.5. The molecular formula is C42H60O2. The van der Waals surface area contributed by atoms with Gasteiger partial charge in [0.1, 0.15) is 0 Å². The monoisotopic (exact) mass is 596 g/mol. The van der Waals surface area contributed by atoms with Crippen LogP contribution in [-0.4, -0.2) is 23.4 Å². The van der Waals surface area contributed by atoms with Gasteiger partial charge in [0.25, 0.3) is 0 Å². The van der Waals surface area contributed by atoms with E-state index in [1.807, 2.05) is 0 Å². The van der Waals surface area contributed by atoms with Gasteiger partial charge in [-0.1, -0.05) is 115 Å². The average Bonchev–Trinajstić information content (AvgIpc) is 3.03. The van der Waals surface area contributed by atoms with Crippen LogP contribution in [0.4, 0.5) is 0 Å². The molecule has 0 amide bonds.